The number of phenols is 1. The Bertz CT molecular complexity index is 1020. The number of fused-ring (bicyclic) bond motifs is 1. The summed E-state index contributed by atoms with van der Waals surface area (Å²) in [6.45, 7) is 6.51. The summed E-state index contributed by atoms with van der Waals surface area (Å²) in [5.74, 6) is 0.115. The van der Waals surface area contributed by atoms with Crippen molar-refractivity contribution in [2.75, 3.05) is 5.32 Å². The lowest BCUT2D eigenvalue weighted by Crippen LogP contribution is -2.37. The van der Waals surface area contributed by atoms with Gasteiger partial charge in [0, 0.05) is 11.3 Å². The first kappa shape index (κ1) is 17.3. The van der Waals surface area contributed by atoms with E-state index in [9.17, 15) is 9.90 Å². The molecule has 0 fully saturated rings. The molecule has 136 valence electrons. The van der Waals surface area contributed by atoms with Crippen LogP contribution in [-0.2, 0) is 15.6 Å². The van der Waals surface area contributed by atoms with Crippen molar-refractivity contribution in [1.29, 1.82) is 0 Å². The molecule has 4 rings (SSSR count). The summed E-state index contributed by atoms with van der Waals surface area (Å²) in [4.78, 5) is 13.4. The number of hydrogen-bond acceptors (Lipinski definition) is 2. The number of nitrogens with one attached hydrogen (secondary N) is 1. The van der Waals surface area contributed by atoms with E-state index in [1.54, 1.807) is 12.1 Å². The predicted octanol–water partition coefficient (Wildman–Crippen LogP) is 4.98. The zero-order chi connectivity index (χ0) is 19.2. The van der Waals surface area contributed by atoms with Crippen LogP contribution >= 0.6 is 0 Å². The summed E-state index contributed by atoms with van der Waals surface area (Å²) in [5, 5.41) is 12.8. The quantitative estimate of drug-likeness (QED) is 0.680. The van der Waals surface area contributed by atoms with Crippen molar-refractivity contribution in [2.24, 2.45) is 0 Å². The second-order valence-corrected chi connectivity index (χ2v) is 8.13. The highest BCUT2D eigenvalue weighted by Crippen LogP contribution is 2.48. The number of hydrogen-bond donors (Lipinski definition) is 2. The van der Waals surface area contributed by atoms with Crippen molar-refractivity contribution in [3.63, 3.8) is 0 Å². The molecule has 3 aromatic carbocycles. The van der Waals surface area contributed by atoms with E-state index in [1.807, 2.05) is 48.5 Å². The molecule has 3 aromatic rings. The van der Waals surface area contributed by atoms with Crippen LogP contribution in [0.3, 0.4) is 0 Å². The van der Waals surface area contributed by atoms with Crippen LogP contribution in [0.5, 0.6) is 5.75 Å². The van der Waals surface area contributed by atoms with Gasteiger partial charge in [-0.05, 0) is 40.3 Å². The van der Waals surface area contributed by atoms with E-state index in [-0.39, 0.29) is 17.1 Å². The molecule has 0 radical (unpaired) electrons. The van der Waals surface area contributed by atoms with Crippen molar-refractivity contribution in [2.45, 2.75) is 31.6 Å². The Labute approximate surface area is 159 Å². The predicted molar refractivity (Wildman–Crippen MR) is 108 cm³/mol. The number of para-hydroxylation sites is 1. The molecule has 1 heterocycles. The molecule has 0 bridgehead atoms. The van der Waals surface area contributed by atoms with Crippen LogP contribution in [-0.4, -0.2) is 11.0 Å². The third-order valence-corrected chi connectivity index (χ3v) is 5.38. The molecular formula is C24H23NO2. The largest absolute Gasteiger partial charge is 0.508 e. The van der Waals surface area contributed by atoms with Crippen LogP contribution in [0.4, 0.5) is 5.69 Å². The molecule has 0 saturated heterocycles. The van der Waals surface area contributed by atoms with Gasteiger partial charge in [-0.25, -0.2) is 0 Å². The number of rotatable bonds is 2. The van der Waals surface area contributed by atoms with Crippen LogP contribution in [0, 0.1) is 0 Å². The van der Waals surface area contributed by atoms with Crippen molar-refractivity contribution in [3.8, 4) is 5.75 Å². The average molecular weight is 357 g/mol. The standard InChI is InChI=1S/C24H23NO2/c1-23(2,3)17-7-6-8-18(15-17)24(16-11-13-19(26)14-12-16)20-9-4-5-10-21(20)25-22(24)27/h4-15,26H,1-3H3,(H,25,27). The van der Waals surface area contributed by atoms with E-state index in [0.717, 1.165) is 22.4 Å². The first-order chi connectivity index (χ1) is 12.8. The molecule has 27 heavy (non-hydrogen) atoms. The first-order valence-electron chi connectivity index (χ1n) is 9.15. The number of carbonyl (C=O) groups excluding carboxylic acids is 1. The van der Waals surface area contributed by atoms with Crippen molar-refractivity contribution >= 4 is 11.6 Å². The van der Waals surface area contributed by atoms with Crippen LogP contribution < -0.4 is 5.32 Å². The molecule has 1 amide bonds. The summed E-state index contributed by atoms with van der Waals surface area (Å²) in [6, 6.07) is 23.0. The minimum atomic E-state index is -0.939. The van der Waals surface area contributed by atoms with E-state index >= 15 is 0 Å². The van der Waals surface area contributed by atoms with Gasteiger partial charge < -0.3 is 10.4 Å². The lowest BCUT2D eigenvalue weighted by Gasteiger charge is -2.31. The van der Waals surface area contributed by atoms with Gasteiger partial charge >= 0.3 is 0 Å². The molecule has 0 aromatic heterocycles. The Kier molecular flexibility index (Phi) is 3.84. The Hall–Kier alpha value is -3.07. The van der Waals surface area contributed by atoms with E-state index in [1.165, 1.54) is 5.56 Å². The lowest BCUT2D eigenvalue weighted by molar-refractivity contribution is -0.118. The van der Waals surface area contributed by atoms with Crippen molar-refractivity contribution in [3.05, 3.63) is 95.1 Å². The first-order valence-corrected chi connectivity index (χ1v) is 9.15. The molecule has 0 spiro atoms. The van der Waals surface area contributed by atoms with Crippen LogP contribution in [0.25, 0.3) is 0 Å². The molecule has 3 nitrogen and oxygen atoms in total. The van der Waals surface area contributed by atoms with Gasteiger partial charge in [-0.3, -0.25) is 4.79 Å². The molecule has 1 aliphatic rings. The van der Waals surface area contributed by atoms with Gasteiger partial charge in [-0.1, -0.05) is 75.4 Å². The molecule has 0 aliphatic carbocycles. The van der Waals surface area contributed by atoms with Crippen LogP contribution in [0.2, 0.25) is 0 Å². The minimum Gasteiger partial charge on any atom is -0.508 e. The fourth-order valence-electron chi connectivity index (χ4n) is 3.93. The van der Waals surface area contributed by atoms with Gasteiger partial charge in [-0.15, -0.1) is 0 Å². The van der Waals surface area contributed by atoms with Gasteiger partial charge in [0.05, 0.1) is 0 Å². The second kappa shape index (κ2) is 5.98. The Balaban J connectivity index is 2.05. The molecule has 3 heteroatoms. The highest BCUT2D eigenvalue weighted by atomic mass is 16.3. The second-order valence-electron chi connectivity index (χ2n) is 8.13. The Morgan fingerprint density at radius 1 is 0.852 bits per heavy atom. The highest BCUT2D eigenvalue weighted by Gasteiger charge is 2.49. The third-order valence-electron chi connectivity index (χ3n) is 5.38. The highest BCUT2D eigenvalue weighted by molar-refractivity contribution is 6.11. The number of phenolic OH excluding ortho intramolecular Hbond substituents is 1. The maximum Gasteiger partial charge on any atom is 0.244 e. The number of aromatic hydroxyl groups is 1. The third kappa shape index (κ3) is 2.62. The normalized spacial score (nSPS) is 18.9. The summed E-state index contributed by atoms with van der Waals surface area (Å²) in [6.07, 6.45) is 0. The van der Waals surface area contributed by atoms with Gasteiger partial charge in [-0.2, -0.15) is 0 Å². The Morgan fingerprint density at radius 3 is 2.26 bits per heavy atom. The summed E-state index contributed by atoms with van der Waals surface area (Å²) < 4.78 is 0. The number of amides is 1. The molecule has 0 saturated carbocycles. The SMILES string of the molecule is CC(C)(C)c1cccc(C2(c3ccc(O)cc3)C(=O)Nc3ccccc32)c1. The fraction of sp³-hybridized carbons (Fsp3) is 0.208. The Morgan fingerprint density at radius 2 is 1.56 bits per heavy atom. The number of benzene rings is 3. The smallest absolute Gasteiger partial charge is 0.244 e. The maximum atomic E-state index is 13.4. The maximum absolute atomic E-state index is 13.4. The summed E-state index contributed by atoms with van der Waals surface area (Å²) in [5.41, 5.74) is 3.75. The minimum absolute atomic E-state index is 0.0270. The lowest BCUT2D eigenvalue weighted by atomic mass is 9.69. The van der Waals surface area contributed by atoms with Gasteiger partial charge in [0.2, 0.25) is 5.91 Å². The van der Waals surface area contributed by atoms with Crippen molar-refractivity contribution < 1.29 is 9.90 Å². The summed E-state index contributed by atoms with van der Waals surface area (Å²) in [7, 11) is 0. The van der Waals surface area contributed by atoms with Crippen molar-refractivity contribution in [1.82, 2.24) is 0 Å². The number of carbonyl (C=O) groups is 1. The van der Waals surface area contributed by atoms with Gasteiger partial charge in [0.15, 0.2) is 0 Å². The van der Waals surface area contributed by atoms with Gasteiger partial charge in [0.25, 0.3) is 0 Å². The number of anilines is 1. The van der Waals surface area contributed by atoms with E-state index in [0.29, 0.717) is 0 Å². The topological polar surface area (TPSA) is 49.3 Å². The molecular weight excluding hydrogens is 334 g/mol. The zero-order valence-electron chi connectivity index (χ0n) is 15.8. The zero-order valence-corrected chi connectivity index (χ0v) is 15.8. The van der Waals surface area contributed by atoms with Crippen LogP contribution in [0.1, 0.15) is 43.0 Å². The monoisotopic (exact) mass is 357 g/mol. The van der Waals surface area contributed by atoms with E-state index in [2.05, 4.69) is 38.2 Å². The molecule has 1 atom stereocenters. The molecule has 2 N–H and O–H groups in total. The van der Waals surface area contributed by atoms with Crippen LogP contribution in [0.15, 0.2) is 72.8 Å². The van der Waals surface area contributed by atoms with E-state index < -0.39 is 5.41 Å². The molecule has 1 unspecified atom stereocenters. The average Bonchev–Trinajstić information content (AvgIpc) is 2.94. The summed E-state index contributed by atoms with van der Waals surface area (Å²) >= 11 is 0. The van der Waals surface area contributed by atoms with Gasteiger partial charge in [0.1, 0.15) is 11.2 Å². The van der Waals surface area contributed by atoms with E-state index in [4.69, 9.17) is 0 Å². The fourth-order valence-corrected chi connectivity index (χ4v) is 3.93. The molecule has 1 aliphatic heterocycles.